The molecule has 0 spiro atoms. The molecule has 8 heteroatoms. The summed E-state index contributed by atoms with van der Waals surface area (Å²) >= 11 is 0. The molecule has 0 bridgehead atoms. The number of nitrogens with one attached hydrogen (secondary N) is 2. The number of rotatable bonds is 5. The summed E-state index contributed by atoms with van der Waals surface area (Å²) in [4.78, 5) is 13.5. The van der Waals surface area contributed by atoms with Crippen LogP contribution in [0.2, 0.25) is 0 Å². The van der Waals surface area contributed by atoms with Gasteiger partial charge in [-0.1, -0.05) is 0 Å². The second kappa shape index (κ2) is 7.29. The highest BCUT2D eigenvalue weighted by molar-refractivity contribution is 7.89. The van der Waals surface area contributed by atoms with E-state index in [0.29, 0.717) is 11.4 Å². The Morgan fingerprint density at radius 2 is 1.96 bits per heavy atom. The number of hydrogen-bond acceptors (Lipinski definition) is 5. The van der Waals surface area contributed by atoms with Gasteiger partial charge in [0.05, 0.1) is 17.7 Å². The standard InChI is InChI=1S/C15H23N3O4S/c1-11(19)16-14-10-13(4-5-15(14)22-3)23(20,21)17-12-6-8-18(2)9-7-12/h4-5,10,12,17H,6-9H2,1-3H3,(H,16,19). The Labute approximate surface area is 137 Å². The molecule has 1 saturated heterocycles. The number of nitrogens with zero attached hydrogens (tertiary/aromatic N) is 1. The summed E-state index contributed by atoms with van der Waals surface area (Å²) in [5, 5.41) is 2.58. The second-order valence-electron chi connectivity index (χ2n) is 5.74. The molecule has 1 amide bonds. The van der Waals surface area contributed by atoms with E-state index in [2.05, 4.69) is 14.9 Å². The van der Waals surface area contributed by atoms with Crippen molar-refractivity contribution in [1.82, 2.24) is 9.62 Å². The fourth-order valence-corrected chi connectivity index (χ4v) is 3.89. The number of carbonyl (C=O) groups excluding carboxylic acids is 1. The van der Waals surface area contributed by atoms with E-state index in [1.54, 1.807) is 0 Å². The van der Waals surface area contributed by atoms with Crippen LogP contribution in [0.1, 0.15) is 19.8 Å². The quantitative estimate of drug-likeness (QED) is 0.835. The molecule has 1 aromatic rings. The number of hydrogen-bond donors (Lipinski definition) is 2. The van der Waals surface area contributed by atoms with Crippen LogP contribution in [0.4, 0.5) is 5.69 Å². The average molecular weight is 341 g/mol. The van der Waals surface area contributed by atoms with Gasteiger partial charge < -0.3 is 15.0 Å². The predicted octanol–water partition coefficient (Wildman–Crippen LogP) is 1.03. The SMILES string of the molecule is COc1ccc(S(=O)(=O)NC2CCN(C)CC2)cc1NC(C)=O. The van der Waals surface area contributed by atoms with Gasteiger partial charge >= 0.3 is 0 Å². The number of sulfonamides is 1. The van der Waals surface area contributed by atoms with Gasteiger partial charge in [0.15, 0.2) is 0 Å². The summed E-state index contributed by atoms with van der Waals surface area (Å²) in [6.07, 6.45) is 1.56. The molecule has 2 rings (SSSR count). The van der Waals surface area contributed by atoms with Crippen molar-refractivity contribution in [1.29, 1.82) is 0 Å². The largest absolute Gasteiger partial charge is 0.495 e. The minimum atomic E-state index is -3.64. The summed E-state index contributed by atoms with van der Waals surface area (Å²) in [5.74, 6) is 0.125. The van der Waals surface area contributed by atoms with Crippen LogP contribution in [0.25, 0.3) is 0 Å². The van der Waals surface area contributed by atoms with Crippen molar-refractivity contribution in [2.24, 2.45) is 0 Å². The smallest absolute Gasteiger partial charge is 0.240 e. The van der Waals surface area contributed by atoms with Crippen molar-refractivity contribution in [3.63, 3.8) is 0 Å². The van der Waals surface area contributed by atoms with E-state index >= 15 is 0 Å². The maximum absolute atomic E-state index is 12.5. The zero-order valence-electron chi connectivity index (χ0n) is 13.6. The van der Waals surface area contributed by atoms with Crippen LogP contribution in [0.3, 0.4) is 0 Å². The number of likely N-dealkylation sites (tertiary alicyclic amines) is 1. The van der Waals surface area contributed by atoms with E-state index in [0.717, 1.165) is 25.9 Å². The van der Waals surface area contributed by atoms with Crippen LogP contribution >= 0.6 is 0 Å². The van der Waals surface area contributed by atoms with E-state index in [-0.39, 0.29) is 16.8 Å². The number of piperidine rings is 1. The Bertz CT molecular complexity index is 667. The Morgan fingerprint density at radius 1 is 1.30 bits per heavy atom. The third-order valence-corrected chi connectivity index (χ3v) is 5.35. The first kappa shape index (κ1) is 17.7. The van der Waals surface area contributed by atoms with Crippen molar-refractivity contribution >= 4 is 21.6 Å². The highest BCUT2D eigenvalue weighted by Crippen LogP contribution is 2.27. The van der Waals surface area contributed by atoms with Crippen molar-refractivity contribution in [3.05, 3.63) is 18.2 Å². The molecule has 1 aliphatic heterocycles. The molecule has 0 atom stereocenters. The van der Waals surface area contributed by atoms with Crippen LogP contribution in [0.5, 0.6) is 5.75 Å². The van der Waals surface area contributed by atoms with Gasteiger partial charge in [0.2, 0.25) is 15.9 Å². The first-order valence-corrected chi connectivity index (χ1v) is 8.96. The molecule has 128 valence electrons. The van der Waals surface area contributed by atoms with Crippen molar-refractivity contribution in [3.8, 4) is 5.75 Å². The zero-order valence-corrected chi connectivity index (χ0v) is 14.4. The molecule has 1 heterocycles. The van der Waals surface area contributed by atoms with E-state index in [1.165, 1.54) is 32.2 Å². The van der Waals surface area contributed by atoms with E-state index < -0.39 is 10.0 Å². The highest BCUT2D eigenvalue weighted by atomic mass is 32.2. The number of anilines is 1. The molecule has 1 fully saturated rings. The van der Waals surface area contributed by atoms with Gasteiger partial charge in [-0.15, -0.1) is 0 Å². The van der Waals surface area contributed by atoms with Gasteiger partial charge in [-0.3, -0.25) is 4.79 Å². The molecule has 1 aromatic carbocycles. The molecule has 7 nitrogen and oxygen atoms in total. The Morgan fingerprint density at radius 3 is 2.52 bits per heavy atom. The summed E-state index contributed by atoms with van der Waals surface area (Å²) in [7, 11) is -0.150. The third-order valence-electron chi connectivity index (χ3n) is 3.83. The number of methoxy groups -OCH3 is 1. The topological polar surface area (TPSA) is 87.7 Å². The summed E-state index contributed by atoms with van der Waals surface area (Å²) in [5.41, 5.74) is 0.339. The summed E-state index contributed by atoms with van der Waals surface area (Å²) < 4.78 is 33.0. The first-order chi connectivity index (χ1) is 10.8. The van der Waals surface area contributed by atoms with Gasteiger partial charge in [-0.25, -0.2) is 13.1 Å². The average Bonchev–Trinajstić information content (AvgIpc) is 2.49. The molecule has 1 aliphatic rings. The molecule has 2 N–H and O–H groups in total. The van der Waals surface area contributed by atoms with E-state index in [1.807, 2.05) is 7.05 Å². The number of carbonyl (C=O) groups is 1. The molecular formula is C15H23N3O4S. The molecule has 0 saturated carbocycles. The highest BCUT2D eigenvalue weighted by Gasteiger charge is 2.24. The van der Waals surface area contributed by atoms with Crippen LogP contribution in [0, 0.1) is 0 Å². The van der Waals surface area contributed by atoms with Gasteiger partial charge in [-0.05, 0) is 51.2 Å². The lowest BCUT2D eigenvalue weighted by Crippen LogP contribution is -2.43. The fourth-order valence-electron chi connectivity index (χ4n) is 2.56. The number of ether oxygens (including phenoxy) is 1. The Kier molecular flexibility index (Phi) is 5.61. The van der Waals surface area contributed by atoms with Crippen LogP contribution in [-0.2, 0) is 14.8 Å². The van der Waals surface area contributed by atoms with Crippen molar-refractivity contribution < 1.29 is 17.9 Å². The molecule has 23 heavy (non-hydrogen) atoms. The van der Waals surface area contributed by atoms with Gasteiger partial charge in [0.1, 0.15) is 5.75 Å². The van der Waals surface area contributed by atoms with Gasteiger partial charge in [0.25, 0.3) is 0 Å². The van der Waals surface area contributed by atoms with Crippen LogP contribution in [0.15, 0.2) is 23.1 Å². The molecule has 0 radical (unpaired) electrons. The first-order valence-electron chi connectivity index (χ1n) is 7.48. The molecule has 0 aliphatic carbocycles. The minimum absolute atomic E-state index is 0.0671. The van der Waals surface area contributed by atoms with E-state index in [9.17, 15) is 13.2 Å². The predicted molar refractivity (Wildman–Crippen MR) is 88.1 cm³/mol. The molecular weight excluding hydrogens is 318 g/mol. The lowest BCUT2D eigenvalue weighted by Gasteiger charge is -2.29. The number of amides is 1. The van der Waals surface area contributed by atoms with Crippen molar-refractivity contribution in [2.45, 2.75) is 30.7 Å². The third kappa shape index (κ3) is 4.66. The minimum Gasteiger partial charge on any atom is -0.495 e. The lowest BCUT2D eigenvalue weighted by atomic mass is 10.1. The monoisotopic (exact) mass is 341 g/mol. The normalized spacial score (nSPS) is 17.0. The van der Waals surface area contributed by atoms with Gasteiger partial charge in [0, 0.05) is 13.0 Å². The van der Waals surface area contributed by atoms with Crippen LogP contribution < -0.4 is 14.8 Å². The Hall–Kier alpha value is -1.64. The molecule has 0 unspecified atom stereocenters. The second-order valence-corrected chi connectivity index (χ2v) is 7.46. The number of benzene rings is 1. The zero-order chi connectivity index (χ0) is 17.0. The summed E-state index contributed by atoms with van der Waals surface area (Å²) in [6.45, 7) is 3.09. The van der Waals surface area contributed by atoms with Crippen molar-refractivity contribution in [2.75, 3.05) is 32.6 Å². The van der Waals surface area contributed by atoms with E-state index in [4.69, 9.17) is 4.74 Å². The Balaban J connectivity index is 2.20. The lowest BCUT2D eigenvalue weighted by molar-refractivity contribution is -0.114. The van der Waals surface area contributed by atoms with Gasteiger partial charge in [-0.2, -0.15) is 0 Å². The summed E-state index contributed by atoms with van der Waals surface area (Å²) in [6, 6.07) is 4.36. The fraction of sp³-hybridized carbons (Fsp3) is 0.533. The molecule has 0 aromatic heterocycles. The van der Waals surface area contributed by atoms with Crippen LogP contribution in [-0.4, -0.2) is 52.5 Å². The maximum Gasteiger partial charge on any atom is 0.240 e. The maximum atomic E-state index is 12.5.